The highest BCUT2D eigenvalue weighted by Crippen LogP contribution is 2.21. The van der Waals surface area contributed by atoms with Gasteiger partial charge in [0.05, 0.1) is 6.54 Å². The predicted octanol–water partition coefficient (Wildman–Crippen LogP) is 1.75. The van der Waals surface area contributed by atoms with Crippen molar-refractivity contribution < 1.29 is 9.59 Å². The number of hydrogen-bond donors (Lipinski definition) is 2. The fourth-order valence-electron chi connectivity index (χ4n) is 2.32. The molecule has 0 radical (unpaired) electrons. The molecule has 1 aliphatic rings. The first-order chi connectivity index (χ1) is 9.65. The third-order valence-electron chi connectivity index (χ3n) is 3.37. The average Bonchev–Trinajstić information content (AvgIpc) is 2.47. The molecule has 0 bridgehead atoms. The molecule has 0 aliphatic carbocycles. The van der Waals surface area contributed by atoms with Gasteiger partial charge in [-0.05, 0) is 43.5 Å². The Balaban J connectivity index is 1.87. The minimum atomic E-state index is -0.217. The largest absolute Gasteiger partial charge is 0.372 e. The Morgan fingerprint density at radius 3 is 2.35 bits per heavy atom. The number of nitrogens with zero attached hydrogens (tertiary/aromatic N) is 1. The molecular formula is C15H21N3O2. The van der Waals surface area contributed by atoms with Gasteiger partial charge in [0, 0.05) is 31.4 Å². The van der Waals surface area contributed by atoms with Crippen molar-refractivity contribution in [2.45, 2.75) is 26.2 Å². The SMILES string of the molecule is CC(=O)NCC(=O)Nc1ccc(N2CCCCC2)cc1. The molecule has 1 aromatic carbocycles. The lowest BCUT2D eigenvalue weighted by atomic mass is 10.1. The maximum Gasteiger partial charge on any atom is 0.243 e. The second-order valence-electron chi connectivity index (χ2n) is 5.05. The highest BCUT2D eigenvalue weighted by Gasteiger charge is 2.10. The fraction of sp³-hybridized carbons (Fsp3) is 0.467. The molecule has 5 nitrogen and oxygen atoms in total. The Labute approximate surface area is 119 Å². The van der Waals surface area contributed by atoms with Crippen molar-refractivity contribution in [3.63, 3.8) is 0 Å². The molecule has 20 heavy (non-hydrogen) atoms. The van der Waals surface area contributed by atoms with Gasteiger partial charge in [-0.15, -0.1) is 0 Å². The number of carbonyl (C=O) groups excluding carboxylic acids is 2. The van der Waals surface area contributed by atoms with E-state index in [0.717, 1.165) is 18.8 Å². The molecule has 0 atom stereocenters. The van der Waals surface area contributed by atoms with E-state index >= 15 is 0 Å². The number of carbonyl (C=O) groups is 2. The molecule has 1 aromatic rings. The van der Waals surface area contributed by atoms with Crippen molar-refractivity contribution in [2.75, 3.05) is 29.9 Å². The summed E-state index contributed by atoms with van der Waals surface area (Å²) in [6, 6.07) is 7.85. The summed E-state index contributed by atoms with van der Waals surface area (Å²) in [5, 5.41) is 5.22. The molecule has 1 heterocycles. The van der Waals surface area contributed by atoms with Crippen molar-refractivity contribution >= 4 is 23.2 Å². The van der Waals surface area contributed by atoms with Crippen molar-refractivity contribution in [3.05, 3.63) is 24.3 Å². The molecular weight excluding hydrogens is 254 g/mol. The molecule has 1 aliphatic heterocycles. The molecule has 2 rings (SSSR count). The standard InChI is InChI=1S/C15H21N3O2/c1-12(19)16-11-15(20)17-13-5-7-14(8-6-13)18-9-3-2-4-10-18/h5-8H,2-4,9-11H2,1H3,(H,16,19)(H,17,20). The Morgan fingerprint density at radius 2 is 1.75 bits per heavy atom. The Hall–Kier alpha value is -2.04. The quantitative estimate of drug-likeness (QED) is 0.880. The first-order valence-corrected chi connectivity index (χ1v) is 7.04. The highest BCUT2D eigenvalue weighted by atomic mass is 16.2. The summed E-state index contributed by atoms with van der Waals surface area (Å²) in [5.41, 5.74) is 1.95. The molecule has 2 amide bonds. The van der Waals surface area contributed by atoms with Crippen LogP contribution in [0.4, 0.5) is 11.4 Å². The molecule has 0 unspecified atom stereocenters. The van der Waals surface area contributed by atoms with E-state index < -0.39 is 0 Å². The lowest BCUT2D eigenvalue weighted by Gasteiger charge is -2.28. The van der Waals surface area contributed by atoms with Gasteiger partial charge < -0.3 is 15.5 Å². The van der Waals surface area contributed by atoms with Gasteiger partial charge in [0.2, 0.25) is 11.8 Å². The number of piperidine rings is 1. The fourth-order valence-corrected chi connectivity index (χ4v) is 2.32. The van der Waals surface area contributed by atoms with Crippen LogP contribution in [0.2, 0.25) is 0 Å². The van der Waals surface area contributed by atoms with Gasteiger partial charge in [-0.1, -0.05) is 0 Å². The minimum absolute atomic E-state index is 0.00318. The summed E-state index contributed by atoms with van der Waals surface area (Å²) in [6.45, 7) is 3.60. The minimum Gasteiger partial charge on any atom is -0.372 e. The Bertz CT molecular complexity index is 465. The topological polar surface area (TPSA) is 61.4 Å². The van der Waals surface area contributed by atoms with Crippen LogP contribution in [-0.2, 0) is 9.59 Å². The zero-order valence-corrected chi connectivity index (χ0v) is 11.8. The molecule has 108 valence electrons. The number of amides is 2. The van der Waals surface area contributed by atoms with Crippen molar-refractivity contribution in [1.29, 1.82) is 0 Å². The van der Waals surface area contributed by atoms with E-state index in [4.69, 9.17) is 0 Å². The van der Waals surface area contributed by atoms with Crippen LogP contribution in [0.5, 0.6) is 0 Å². The predicted molar refractivity (Wildman–Crippen MR) is 79.8 cm³/mol. The monoisotopic (exact) mass is 275 g/mol. The van der Waals surface area contributed by atoms with Crippen LogP contribution in [0.3, 0.4) is 0 Å². The van der Waals surface area contributed by atoms with Gasteiger partial charge in [-0.2, -0.15) is 0 Å². The van der Waals surface area contributed by atoms with Gasteiger partial charge in [-0.3, -0.25) is 9.59 Å². The smallest absolute Gasteiger partial charge is 0.243 e. The van der Waals surface area contributed by atoms with E-state index in [2.05, 4.69) is 15.5 Å². The molecule has 0 spiro atoms. The van der Waals surface area contributed by atoms with E-state index in [-0.39, 0.29) is 18.4 Å². The number of benzene rings is 1. The summed E-state index contributed by atoms with van der Waals surface area (Å²) >= 11 is 0. The Kier molecular flexibility index (Phi) is 4.98. The average molecular weight is 275 g/mol. The number of anilines is 2. The molecule has 1 saturated heterocycles. The van der Waals surface area contributed by atoms with Crippen LogP contribution in [0.25, 0.3) is 0 Å². The van der Waals surface area contributed by atoms with E-state index in [1.807, 2.05) is 24.3 Å². The maximum absolute atomic E-state index is 11.6. The third kappa shape index (κ3) is 4.26. The number of hydrogen-bond acceptors (Lipinski definition) is 3. The van der Waals surface area contributed by atoms with Crippen LogP contribution in [0.15, 0.2) is 24.3 Å². The molecule has 2 N–H and O–H groups in total. The van der Waals surface area contributed by atoms with Gasteiger partial charge >= 0.3 is 0 Å². The van der Waals surface area contributed by atoms with Crippen LogP contribution < -0.4 is 15.5 Å². The highest BCUT2D eigenvalue weighted by molar-refractivity contribution is 5.94. The van der Waals surface area contributed by atoms with Crippen LogP contribution >= 0.6 is 0 Å². The van der Waals surface area contributed by atoms with Crippen LogP contribution in [0.1, 0.15) is 26.2 Å². The van der Waals surface area contributed by atoms with E-state index in [1.165, 1.54) is 31.9 Å². The number of nitrogens with one attached hydrogen (secondary N) is 2. The van der Waals surface area contributed by atoms with Gasteiger partial charge in [0.15, 0.2) is 0 Å². The van der Waals surface area contributed by atoms with Crippen molar-refractivity contribution in [2.24, 2.45) is 0 Å². The van der Waals surface area contributed by atoms with E-state index in [1.54, 1.807) is 0 Å². The second kappa shape index (κ2) is 6.93. The molecule has 1 fully saturated rings. The first kappa shape index (κ1) is 14.4. The summed E-state index contributed by atoms with van der Waals surface area (Å²) in [5.74, 6) is -0.425. The maximum atomic E-state index is 11.6. The van der Waals surface area contributed by atoms with Crippen molar-refractivity contribution in [3.8, 4) is 0 Å². The second-order valence-corrected chi connectivity index (χ2v) is 5.05. The summed E-state index contributed by atoms with van der Waals surface area (Å²) in [7, 11) is 0. The molecule has 5 heteroatoms. The van der Waals surface area contributed by atoms with Crippen LogP contribution in [0, 0.1) is 0 Å². The third-order valence-corrected chi connectivity index (χ3v) is 3.37. The van der Waals surface area contributed by atoms with E-state index in [0.29, 0.717) is 0 Å². The van der Waals surface area contributed by atoms with Gasteiger partial charge in [0.25, 0.3) is 0 Å². The number of rotatable bonds is 4. The lowest BCUT2D eigenvalue weighted by molar-refractivity contribution is -0.122. The zero-order valence-electron chi connectivity index (χ0n) is 11.8. The van der Waals surface area contributed by atoms with Gasteiger partial charge in [0.1, 0.15) is 0 Å². The summed E-state index contributed by atoms with van der Waals surface area (Å²) in [6.07, 6.45) is 3.80. The normalized spacial score (nSPS) is 14.8. The summed E-state index contributed by atoms with van der Waals surface area (Å²) in [4.78, 5) is 24.7. The van der Waals surface area contributed by atoms with E-state index in [9.17, 15) is 9.59 Å². The van der Waals surface area contributed by atoms with Gasteiger partial charge in [-0.25, -0.2) is 0 Å². The van der Waals surface area contributed by atoms with Crippen LogP contribution in [-0.4, -0.2) is 31.4 Å². The first-order valence-electron chi connectivity index (χ1n) is 7.04. The molecule has 0 saturated carbocycles. The summed E-state index contributed by atoms with van der Waals surface area (Å²) < 4.78 is 0. The lowest BCUT2D eigenvalue weighted by Crippen LogP contribution is -2.31. The molecule has 0 aromatic heterocycles. The zero-order chi connectivity index (χ0) is 14.4. The Morgan fingerprint density at radius 1 is 1.10 bits per heavy atom. The van der Waals surface area contributed by atoms with Crippen molar-refractivity contribution in [1.82, 2.24) is 5.32 Å².